The van der Waals surface area contributed by atoms with Gasteiger partial charge >= 0.3 is 0 Å². The van der Waals surface area contributed by atoms with E-state index in [9.17, 15) is 0 Å². The van der Waals surface area contributed by atoms with E-state index in [0.29, 0.717) is 0 Å². The molecule has 2 aromatic rings. The summed E-state index contributed by atoms with van der Waals surface area (Å²) in [4.78, 5) is 5.39. The van der Waals surface area contributed by atoms with E-state index in [2.05, 4.69) is 35.1 Å². The van der Waals surface area contributed by atoms with E-state index in [4.69, 9.17) is 4.74 Å². The van der Waals surface area contributed by atoms with Crippen molar-refractivity contribution in [3.8, 4) is 0 Å². The number of hydrogen-bond donors (Lipinski definition) is 1. The van der Waals surface area contributed by atoms with Crippen molar-refractivity contribution in [2.24, 2.45) is 0 Å². The van der Waals surface area contributed by atoms with Crippen LogP contribution in [0.1, 0.15) is 0 Å². The molecule has 0 unspecified atom stereocenters. The van der Waals surface area contributed by atoms with Gasteiger partial charge in [0, 0.05) is 24.8 Å². The molecule has 1 aliphatic heterocycles. The van der Waals surface area contributed by atoms with Crippen molar-refractivity contribution < 1.29 is 4.74 Å². The number of hydrogen-bond acceptors (Lipinski definition) is 2. The molecule has 2 heterocycles. The van der Waals surface area contributed by atoms with Crippen LogP contribution in [0.25, 0.3) is 10.9 Å². The molecule has 0 saturated carbocycles. The maximum Gasteiger partial charge on any atom is 0.0594 e. The molecular weight excluding hydrogens is 200 g/mol. The molecule has 3 heteroatoms. The minimum atomic E-state index is 0.913. The second kappa shape index (κ2) is 5.68. The van der Waals surface area contributed by atoms with Gasteiger partial charge in [0.2, 0.25) is 0 Å². The normalized spacial score (nSPS) is 16.8. The van der Waals surface area contributed by atoms with E-state index in [-0.39, 0.29) is 0 Å². The fraction of sp³-hybridized carbons (Fsp3) is 0.385. The zero-order valence-corrected chi connectivity index (χ0v) is 9.65. The average molecular weight is 218 g/mol. The van der Waals surface area contributed by atoms with Crippen molar-refractivity contribution in [1.82, 2.24) is 9.88 Å². The van der Waals surface area contributed by atoms with Gasteiger partial charge in [0.25, 0.3) is 0 Å². The number of nitrogens with one attached hydrogen (secondary N) is 1. The fourth-order valence-electron chi connectivity index (χ4n) is 1.65. The highest BCUT2D eigenvalue weighted by Crippen LogP contribution is 2.09. The number of benzene rings is 1. The lowest BCUT2D eigenvalue weighted by molar-refractivity contribution is 0.0503. The Morgan fingerprint density at radius 1 is 1.12 bits per heavy atom. The van der Waals surface area contributed by atoms with Crippen LogP contribution >= 0.6 is 0 Å². The van der Waals surface area contributed by atoms with Gasteiger partial charge in [-0.25, -0.2) is 0 Å². The third kappa shape index (κ3) is 3.08. The number of rotatable bonds is 0. The van der Waals surface area contributed by atoms with Gasteiger partial charge < -0.3 is 14.6 Å². The topological polar surface area (TPSA) is 28.3 Å². The third-order valence-electron chi connectivity index (χ3n) is 2.70. The molecule has 1 aromatic heterocycles. The molecule has 1 fully saturated rings. The summed E-state index contributed by atoms with van der Waals surface area (Å²) in [6.45, 7) is 4.02. The number of ether oxygens (including phenoxy) is 1. The molecule has 3 nitrogen and oxygen atoms in total. The number of para-hydroxylation sites is 1. The van der Waals surface area contributed by atoms with E-state index in [0.717, 1.165) is 26.3 Å². The number of H-pyrrole nitrogens is 1. The van der Waals surface area contributed by atoms with Crippen molar-refractivity contribution >= 4 is 10.9 Å². The zero-order valence-electron chi connectivity index (χ0n) is 9.65. The number of aromatic nitrogens is 1. The van der Waals surface area contributed by atoms with Crippen LogP contribution in [0, 0.1) is 0 Å². The molecule has 1 saturated heterocycles. The first-order chi connectivity index (χ1) is 7.86. The van der Waals surface area contributed by atoms with E-state index >= 15 is 0 Å². The van der Waals surface area contributed by atoms with E-state index in [1.165, 1.54) is 10.9 Å². The fourth-order valence-corrected chi connectivity index (χ4v) is 1.65. The summed E-state index contributed by atoms with van der Waals surface area (Å²) >= 11 is 0. The summed E-state index contributed by atoms with van der Waals surface area (Å²) in [6, 6.07) is 10.3. The quantitative estimate of drug-likeness (QED) is 0.733. The summed E-state index contributed by atoms with van der Waals surface area (Å²) in [5.74, 6) is 0. The maximum atomic E-state index is 5.10. The molecule has 0 amide bonds. The molecule has 1 aromatic carbocycles. The van der Waals surface area contributed by atoms with Crippen molar-refractivity contribution in [1.29, 1.82) is 0 Å². The predicted molar refractivity (Wildman–Crippen MR) is 66.6 cm³/mol. The molecule has 0 radical (unpaired) electrons. The molecular formula is C13H18N2O. The lowest BCUT2D eigenvalue weighted by Crippen LogP contribution is -2.32. The Bertz CT molecular complexity index is 388. The van der Waals surface area contributed by atoms with Gasteiger partial charge in [-0.15, -0.1) is 0 Å². The van der Waals surface area contributed by atoms with Crippen molar-refractivity contribution in [2.45, 2.75) is 0 Å². The van der Waals surface area contributed by atoms with Gasteiger partial charge in [0.15, 0.2) is 0 Å². The first kappa shape index (κ1) is 11.2. The Kier molecular flexibility index (Phi) is 3.97. The average Bonchev–Trinajstić information content (AvgIpc) is 2.79. The number of aromatic amines is 1. The molecule has 0 spiro atoms. The minimum Gasteiger partial charge on any atom is -0.379 e. The smallest absolute Gasteiger partial charge is 0.0594 e. The Balaban J connectivity index is 0.000000125. The standard InChI is InChI=1S/C8H7N.C5H11NO/c1-2-4-8-7(3-1)5-6-9-8;1-6-2-4-7-5-3-6/h1-6,9H;2-5H2,1H3. The van der Waals surface area contributed by atoms with Crippen molar-refractivity contribution in [2.75, 3.05) is 33.4 Å². The van der Waals surface area contributed by atoms with E-state index < -0.39 is 0 Å². The highest BCUT2D eigenvalue weighted by atomic mass is 16.5. The van der Waals surface area contributed by atoms with Crippen LogP contribution in [0.15, 0.2) is 36.5 Å². The van der Waals surface area contributed by atoms with Gasteiger partial charge in [-0.1, -0.05) is 18.2 Å². The second-order valence-corrected chi connectivity index (χ2v) is 3.98. The predicted octanol–water partition coefficient (Wildman–Crippen LogP) is 2.12. The summed E-state index contributed by atoms with van der Waals surface area (Å²) in [7, 11) is 2.11. The van der Waals surface area contributed by atoms with Crippen LogP contribution in [0.3, 0.4) is 0 Å². The monoisotopic (exact) mass is 218 g/mol. The number of likely N-dealkylation sites (N-methyl/N-ethyl adjacent to an activating group) is 1. The van der Waals surface area contributed by atoms with Crippen LogP contribution in [0.2, 0.25) is 0 Å². The Labute approximate surface area is 96.0 Å². The lowest BCUT2D eigenvalue weighted by atomic mass is 10.3. The Morgan fingerprint density at radius 2 is 1.88 bits per heavy atom. The van der Waals surface area contributed by atoms with Crippen molar-refractivity contribution in [3.63, 3.8) is 0 Å². The summed E-state index contributed by atoms with van der Waals surface area (Å²) in [5.41, 5.74) is 1.21. The maximum absolute atomic E-state index is 5.10. The first-order valence-electron chi connectivity index (χ1n) is 5.65. The Morgan fingerprint density at radius 3 is 2.50 bits per heavy atom. The van der Waals surface area contributed by atoms with Gasteiger partial charge in [-0.3, -0.25) is 0 Å². The molecule has 86 valence electrons. The van der Waals surface area contributed by atoms with Gasteiger partial charge in [0.1, 0.15) is 0 Å². The molecule has 16 heavy (non-hydrogen) atoms. The lowest BCUT2D eigenvalue weighted by Gasteiger charge is -2.21. The van der Waals surface area contributed by atoms with Gasteiger partial charge in [-0.2, -0.15) is 0 Å². The highest BCUT2D eigenvalue weighted by Gasteiger charge is 2.02. The number of morpholine rings is 1. The van der Waals surface area contributed by atoms with Crippen LogP contribution < -0.4 is 0 Å². The number of nitrogens with zero attached hydrogens (tertiary/aromatic N) is 1. The van der Waals surface area contributed by atoms with E-state index in [1.807, 2.05) is 18.3 Å². The summed E-state index contributed by atoms with van der Waals surface area (Å²) < 4.78 is 5.10. The van der Waals surface area contributed by atoms with Gasteiger partial charge in [0.05, 0.1) is 13.2 Å². The van der Waals surface area contributed by atoms with Crippen LogP contribution in [-0.2, 0) is 4.74 Å². The second-order valence-electron chi connectivity index (χ2n) is 3.98. The summed E-state index contributed by atoms with van der Waals surface area (Å²) in [5, 5.41) is 1.28. The molecule has 0 aliphatic carbocycles. The molecule has 0 atom stereocenters. The highest BCUT2D eigenvalue weighted by molar-refractivity contribution is 5.78. The molecule has 1 aliphatic rings. The third-order valence-corrected chi connectivity index (χ3v) is 2.70. The Hall–Kier alpha value is -1.32. The molecule has 1 N–H and O–H groups in total. The zero-order chi connectivity index (χ0) is 11.2. The van der Waals surface area contributed by atoms with Crippen LogP contribution in [-0.4, -0.2) is 43.2 Å². The molecule has 0 bridgehead atoms. The first-order valence-corrected chi connectivity index (χ1v) is 5.65. The SMILES string of the molecule is CN1CCOCC1.c1ccc2[nH]ccc2c1. The summed E-state index contributed by atoms with van der Waals surface area (Å²) in [6.07, 6.45) is 1.95. The molecule has 3 rings (SSSR count). The van der Waals surface area contributed by atoms with Crippen molar-refractivity contribution in [3.05, 3.63) is 36.5 Å². The van der Waals surface area contributed by atoms with Gasteiger partial charge in [-0.05, 0) is 24.6 Å². The van der Waals surface area contributed by atoms with Crippen LogP contribution in [0.4, 0.5) is 0 Å². The number of fused-ring (bicyclic) bond motifs is 1. The van der Waals surface area contributed by atoms with E-state index in [1.54, 1.807) is 0 Å². The minimum absolute atomic E-state index is 0.913. The largest absolute Gasteiger partial charge is 0.379 e. The van der Waals surface area contributed by atoms with Crippen LogP contribution in [0.5, 0.6) is 0 Å².